The first-order chi connectivity index (χ1) is 11.0. The van der Waals surface area contributed by atoms with Gasteiger partial charge < -0.3 is 20.9 Å². The average Bonchev–Trinajstić information content (AvgIpc) is 2.94. The number of likely N-dealkylation sites (tertiary alicyclic amines) is 1. The summed E-state index contributed by atoms with van der Waals surface area (Å²) in [6.45, 7) is 5.39. The van der Waals surface area contributed by atoms with E-state index in [1.165, 1.54) is 0 Å². The molecule has 24 heavy (non-hydrogen) atoms. The molecule has 1 aromatic carbocycles. The van der Waals surface area contributed by atoms with Crippen molar-refractivity contribution >= 4 is 30.0 Å². The highest BCUT2D eigenvalue weighted by Gasteiger charge is 2.28. The maximum atomic E-state index is 12.7. The van der Waals surface area contributed by atoms with Gasteiger partial charge in [0.05, 0.1) is 0 Å². The van der Waals surface area contributed by atoms with Crippen LogP contribution in [0.2, 0.25) is 0 Å². The Labute approximate surface area is 149 Å². The van der Waals surface area contributed by atoms with Crippen molar-refractivity contribution in [1.29, 1.82) is 0 Å². The van der Waals surface area contributed by atoms with Crippen LogP contribution in [0.25, 0.3) is 0 Å². The Bertz CT molecular complexity index is 565. The molecule has 1 fully saturated rings. The number of hydrogen-bond acceptors (Lipinski definition) is 3. The lowest BCUT2D eigenvalue weighted by Gasteiger charge is -2.24. The van der Waals surface area contributed by atoms with Crippen molar-refractivity contribution in [2.24, 2.45) is 0 Å². The smallest absolute Gasteiger partial charge is 0.319 e. The highest BCUT2D eigenvalue weighted by molar-refractivity contribution is 5.97. The number of carbonyl (C=O) groups excluding carboxylic acids is 2. The third kappa shape index (κ3) is 5.39. The monoisotopic (exact) mass is 354 g/mol. The zero-order chi connectivity index (χ0) is 16.8. The van der Waals surface area contributed by atoms with Gasteiger partial charge >= 0.3 is 6.03 Å². The molecule has 3 N–H and O–H groups in total. The summed E-state index contributed by atoms with van der Waals surface area (Å²) < 4.78 is 0. The van der Waals surface area contributed by atoms with E-state index >= 15 is 0 Å². The van der Waals surface area contributed by atoms with E-state index < -0.39 is 0 Å². The Morgan fingerprint density at radius 1 is 1.33 bits per heavy atom. The fourth-order valence-corrected chi connectivity index (χ4v) is 2.88. The molecule has 2 rings (SSSR count). The number of hydrogen-bond donors (Lipinski definition) is 3. The van der Waals surface area contributed by atoms with Crippen LogP contribution in [0.15, 0.2) is 24.3 Å². The van der Waals surface area contributed by atoms with E-state index in [-0.39, 0.29) is 36.4 Å². The minimum absolute atomic E-state index is 0. The van der Waals surface area contributed by atoms with E-state index in [2.05, 4.69) is 16.0 Å². The summed E-state index contributed by atoms with van der Waals surface area (Å²) >= 11 is 0. The number of rotatable bonds is 5. The molecule has 1 unspecified atom stereocenters. The lowest BCUT2D eigenvalue weighted by Crippen LogP contribution is -2.40. The molecule has 6 nitrogen and oxygen atoms in total. The van der Waals surface area contributed by atoms with Crippen LogP contribution in [0.1, 0.15) is 37.0 Å². The average molecular weight is 355 g/mol. The van der Waals surface area contributed by atoms with Crippen LogP contribution in [-0.4, -0.2) is 49.1 Å². The van der Waals surface area contributed by atoms with Crippen LogP contribution in [-0.2, 0) is 0 Å². The third-order valence-corrected chi connectivity index (χ3v) is 3.86. The predicted octanol–water partition coefficient (Wildman–Crippen LogP) is 2.46. The summed E-state index contributed by atoms with van der Waals surface area (Å²) in [5.41, 5.74) is 1.23. The normalized spacial score (nSPS) is 16.7. The summed E-state index contributed by atoms with van der Waals surface area (Å²) in [6.07, 6.45) is 2.06. The number of amides is 3. The van der Waals surface area contributed by atoms with E-state index in [1.807, 2.05) is 25.8 Å². The molecule has 1 heterocycles. The summed E-state index contributed by atoms with van der Waals surface area (Å²) in [6, 6.07) is 7.14. The molecule has 3 amide bonds. The first-order valence-corrected chi connectivity index (χ1v) is 8.14. The molecule has 7 heteroatoms. The predicted molar refractivity (Wildman–Crippen MR) is 99.0 cm³/mol. The highest BCUT2D eigenvalue weighted by atomic mass is 35.5. The molecule has 0 bridgehead atoms. The fourth-order valence-electron chi connectivity index (χ4n) is 2.88. The molecule has 1 aliphatic heterocycles. The molecule has 0 aliphatic carbocycles. The molecule has 1 aliphatic rings. The summed E-state index contributed by atoms with van der Waals surface area (Å²) in [5.74, 6) is 0.0238. The van der Waals surface area contributed by atoms with Gasteiger partial charge in [-0.05, 0) is 51.9 Å². The topological polar surface area (TPSA) is 73.5 Å². The van der Waals surface area contributed by atoms with E-state index in [4.69, 9.17) is 0 Å². The van der Waals surface area contributed by atoms with Crippen molar-refractivity contribution in [3.63, 3.8) is 0 Å². The second-order valence-corrected chi connectivity index (χ2v) is 6.19. The second kappa shape index (κ2) is 9.49. The number of likely N-dealkylation sites (N-methyl/N-ethyl adjacent to an activating group) is 1. The van der Waals surface area contributed by atoms with Crippen LogP contribution in [0, 0.1) is 0 Å². The summed E-state index contributed by atoms with van der Waals surface area (Å²) in [5, 5.41) is 8.67. The Morgan fingerprint density at radius 3 is 2.75 bits per heavy atom. The van der Waals surface area contributed by atoms with Gasteiger partial charge in [-0.3, -0.25) is 4.79 Å². The van der Waals surface area contributed by atoms with Crippen LogP contribution < -0.4 is 16.0 Å². The van der Waals surface area contributed by atoms with Gasteiger partial charge in [0.2, 0.25) is 0 Å². The van der Waals surface area contributed by atoms with Crippen LogP contribution >= 0.6 is 12.4 Å². The molecule has 1 atom stereocenters. The van der Waals surface area contributed by atoms with Crippen LogP contribution in [0.5, 0.6) is 0 Å². The number of urea groups is 1. The van der Waals surface area contributed by atoms with E-state index in [9.17, 15) is 9.59 Å². The Balaban J connectivity index is 0.00000288. The van der Waals surface area contributed by atoms with Crippen molar-refractivity contribution < 1.29 is 9.59 Å². The molecule has 0 radical (unpaired) electrons. The van der Waals surface area contributed by atoms with Crippen molar-refractivity contribution in [2.75, 3.05) is 25.5 Å². The van der Waals surface area contributed by atoms with Gasteiger partial charge in [0.25, 0.3) is 5.91 Å². The molecule has 1 saturated heterocycles. The largest absolute Gasteiger partial charge is 0.336 e. The summed E-state index contributed by atoms with van der Waals surface area (Å²) in [7, 11) is 1.90. The quantitative estimate of drug-likeness (QED) is 0.760. The fraction of sp³-hybridized carbons (Fsp3) is 0.529. The minimum Gasteiger partial charge on any atom is -0.336 e. The standard InChI is InChI=1S/C17H26N4O2.ClH/c1-12(2)19-17(23)20-14-7-4-6-13(10-14)16(22)21-9-5-8-15(21)11-18-3;/h4,6-7,10,12,15,18H,5,8-9,11H2,1-3H3,(H2,19,20,23);1H. The number of carbonyl (C=O) groups is 2. The molecule has 0 aromatic heterocycles. The third-order valence-electron chi connectivity index (χ3n) is 3.86. The maximum Gasteiger partial charge on any atom is 0.319 e. The minimum atomic E-state index is -0.265. The van der Waals surface area contributed by atoms with Gasteiger partial charge in [0.1, 0.15) is 0 Å². The molecule has 134 valence electrons. The Morgan fingerprint density at radius 2 is 2.08 bits per heavy atom. The van der Waals surface area contributed by atoms with Crippen LogP contribution in [0.4, 0.5) is 10.5 Å². The van der Waals surface area contributed by atoms with Gasteiger partial charge in [-0.25, -0.2) is 4.79 Å². The lowest BCUT2D eigenvalue weighted by atomic mass is 10.1. The SMILES string of the molecule is CNCC1CCCN1C(=O)c1cccc(NC(=O)NC(C)C)c1.Cl. The molecular weight excluding hydrogens is 328 g/mol. The van der Waals surface area contributed by atoms with Gasteiger partial charge in [-0.2, -0.15) is 0 Å². The van der Waals surface area contributed by atoms with Gasteiger partial charge in [-0.15, -0.1) is 12.4 Å². The number of nitrogens with one attached hydrogen (secondary N) is 3. The van der Waals surface area contributed by atoms with Crippen molar-refractivity contribution in [1.82, 2.24) is 15.5 Å². The Hall–Kier alpha value is -1.79. The van der Waals surface area contributed by atoms with Crippen LogP contribution in [0.3, 0.4) is 0 Å². The first kappa shape index (κ1) is 20.3. The molecule has 1 aromatic rings. The summed E-state index contributed by atoms with van der Waals surface area (Å²) in [4.78, 5) is 26.4. The number of anilines is 1. The van der Waals surface area contributed by atoms with E-state index in [0.29, 0.717) is 11.3 Å². The Kier molecular flexibility index (Phi) is 8.01. The van der Waals surface area contributed by atoms with Crippen molar-refractivity contribution in [2.45, 2.75) is 38.8 Å². The number of nitrogens with zero attached hydrogens (tertiary/aromatic N) is 1. The van der Waals surface area contributed by atoms with Crippen molar-refractivity contribution in [3.8, 4) is 0 Å². The zero-order valence-electron chi connectivity index (χ0n) is 14.5. The zero-order valence-corrected chi connectivity index (χ0v) is 15.3. The first-order valence-electron chi connectivity index (χ1n) is 8.14. The molecule has 0 spiro atoms. The van der Waals surface area contributed by atoms with Gasteiger partial charge in [0, 0.05) is 36.4 Å². The van der Waals surface area contributed by atoms with Gasteiger partial charge in [0.15, 0.2) is 0 Å². The number of benzene rings is 1. The van der Waals surface area contributed by atoms with Gasteiger partial charge in [-0.1, -0.05) is 6.07 Å². The molecule has 0 saturated carbocycles. The van der Waals surface area contributed by atoms with Crippen molar-refractivity contribution in [3.05, 3.63) is 29.8 Å². The van der Waals surface area contributed by atoms with E-state index in [1.54, 1.807) is 24.3 Å². The second-order valence-electron chi connectivity index (χ2n) is 6.19. The highest BCUT2D eigenvalue weighted by Crippen LogP contribution is 2.21. The maximum absolute atomic E-state index is 12.7. The molecular formula is C17H27ClN4O2. The van der Waals surface area contributed by atoms with E-state index in [0.717, 1.165) is 25.9 Å². The number of halogens is 1. The lowest BCUT2D eigenvalue weighted by molar-refractivity contribution is 0.0737.